The van der Waals surface area contributed by atoms with Gasteiger partial charge in [-0.1, -0.05) is 12.1 Å². The summed E-state index contributed by atoms with van der Waals surface area (Å²) < 4.78 is 11.2. The Balaban J connectivity index is 1.45. The first-order valence-corrected chi connectivity index (χ1v) is 8.95. The van der Waals surface area contributed by atoms with Gasteiger partial charge < -0.3 is 19.4 Å². The van der Waals surface area contributed by atoms with E-state index in [9.17, 15) is 4.79 Å². The number of ether oxygens (including phenoxy) is 2. The van der Waals surface area contributed by atoms with Crippen LogP contribution >= 0.6 is 0 Å². The van der Waals surface area contributed by atoms with Crippen molar-refractivity contribution in [2.45, 2.75) is 18.9 Å². The summed E-state index contributed by atoms with van der Waals surface area (Å²) in [5.74, 6) is 2.20. The molecule has 132 valence electrons. The molecular weight excluding hydrogens is 330 g/mol. The van der Waals surface area contributed by atoms with Crippen LogP contribution in [0.15, 0.2) is 42.5 Å². The Bertz CT molecular complexity index is 948. The molecule has 0 radical (unpaired) electrons. The molecule has 0 saturated carbocycles. The second-order valence-corrected chi connectivity index (χ2v) is 6.65. The van der Waals surface area contributed by atoms with Crippen LogP contribution in [0.2, 0.25) is 0 Å². The minimum atomic E-state index is -0.0249. The predicted molar refractivity (Wildman–Crippen MR) is 96.5 cm³/mol. The highest BCUT2D eigenvalue weighted by Gasteiger charge is 2.33. The van der Waals surface area contributed by atoms with E-state index in [1.54, 1.807) is 6.07 Å². The molecular formula is C20H19N3O3. The van der Waals surface area contributed by atoms with Crippen LogP contribution in [-0.4, -0.2) is 40.5 Å². The molecule has 2 aliphatic rings. The predicted octanol–water partition coefficient (Wildman–Crippen LogP) is 3.31. The number of carbonyl (C=O) groups is 1. The van der Waals surface area contributed by atoms with Crippen LogP contribution < -0.4 is 9.47 Å². The molecule has 6 heteroatoms. The summed E-state index contributed by atoms with van der Waals surface area (Å²) in [5, 5.41) is 0. The van der Waals surface area contributed by atoms with Crippen LogP contribution in [0.1, 0.15) is 35.1 Å². The van der Waals surface area contributed by atoms with Gasteiger partial charge in [0, 0.05) is 12.1 Å². The number of fused-ring (bicyclic) bond motifs is 2. The van der Waals surface area contributed by atoms with Gasteiger partial charge in [-0.25, -0.2) is 4.98 Å². The third kappa shape index (κ3) is 2.49. The van der Waals surface area contributed by atoms with Gasteiger partial charge in [0.25, 0.3) is 5.91 Å². The summed E-state index contributed by atoms with van der Waals surface area (Å²) in [5.41, 5.74) is 2.56. The second kappa shape index (κ2) is 6.05. The van der Waals surface area contributed by atoms with Crippen molar-refractivity contribution in [2.24, 2.45) is 0 Å². The van der Waals surface area contributed by atoms with E-state index in [1.165, 1.54) is 0 Å². The number of H-pyrrole nitrogens is 1. The van der Waals surface area contributed by atoms with Gasteiger partial charge in [-0.3, -0.25) is 4.79 Å². The summed E-state index contributed by atoms with van der Waals surface area (Å²) in [6.45, 7) is 1.78. The lowest BCUT2D eigenvalue weighted by atomic mass is 10.1. The Morgan fingerprint density at radius 2 is 1.96 bits per heavy atom. The standard InChI is InChI=1S/C20H19N3O3/c24-20(13-7-8-17-18(12-13)26-11-10-25-17)23-9-3-6-16(23)19-21-14-4-1-2-5-15(14)22-19/h1-2,4-5,7-8,12,16H,3,6,9-11H2,(H,21,22)/t16-/m1/s1. The molecule has 1 aromatic heterocycles. The number of aromatic amines is 1. The fraction of sp³-hybridized carbons (Fsp3) is 0.300. The molecule has 0 bridgehead atoms. The zero-order valence-electron chi connectivity index (χ0n) is 14.3. The molecule has 0 spiro atoms. The lowest BCUT2D eigenvalue weighted by Gasteiger charge is -2.24. The average Bonchev–Trinajstić information content (AvgIpc) is 3.33. The number of benzene rings is 2. The maximum atomic E-state index is 13.1. The smallest absolute Gasteiger partial charge is 0.254 e. The lowest BCUT2D eigenvalue weighted by molar-refractivity contribution is 0.0729. The summed E-state index contributed by atoms with van der Waals surface area (Å²) in [6.07, 6.45) is 1.88. The van der Waals surface area contributed by atoms with Crippen molar-refractivity contribution >= 4 is 16.9 Å². The quantitative estimate of drug-likeness (QED) is 0.771. The van der Waals surface area contributed by atoms with Crippen molar-refractivity contribution in [3.63, 3.8) is 0 Å². The third-order valence-electron chi connectivity index (χ3n) is 5.03. The molecule has 1 fully saturated rings. The van der Waals surface area contributed by atoms with Gasteiger partial charge in [-0.15, -0.1) is 0 Å². The zero-order chi connectivity index (χ0) is 17.5. The van der Waals surface area contributed by atoms with Crippen molar-refractivity contribution in [3.05, 3.63) is 53.9 Å². The molecule has 26 heavy (non-hydrogen) atoms. The Kier molecular flexibility index (Phi) is 3.55. The number of carbonyl (C=O) groups excluding carboxylic acids is 1. The molecule has 1 amide bonds. The number of rotatable bonds is 2. The van der Waals surface area contributed by atoms with Gasteiger partial charge in [0.15, 0.2) is 11.5 Å². The minimum absolute atomic E-state index is 0.00456. The van der Waals surface area contributed by atoms with Crippen LogP contribution in [-0.2, 0) is 0 Å². The van der Waals surface area contributed by atoms with Crippen molar-refractivity contribution < 1.29 is 14.3 Å². The molecule has 2 aliphatic heterocycles. The first-order chi connectivity index (χ1) is 12.8. The van der Waals surface area contributed by atoms with Crippen molar-refractivity contribution in [2.75, 3.05) is 19.8 Å². The number of aromatic nitrogens is 2. The summed E-state index contributed by atoms with van der Waals surface area (Å²) in [7, 11) is 0. The molecule has 3 aromatic rings. The van der Waals surface area contributed by atoms with Gasteiger partial charge in [-0.05, 0) is 43.2 Å². The first kappa shape index (κ1) is 15.3. The average molecular weight is 349 g/mol. The summed E-state index contributed by atoms with van der Waals surface area (Å²) in [4.78, 5) is 23.1. The Morgan fingerprint density at radius 3 is 2.85 bits per heavy atom. The van der Waals surface area contributed by atoms with E-state index >= 15 is 0 Å². The molecule has 0 unspecified atom stereocenters. The van der Waals surface area contributed by atoms with E-state index in [0.717, 1.165) is 36.2 Å². The van der Waals surface area contributed by atoms with Crippen molar-refractivity contribution in [1.29, 1.82) is 0 Å². The Hall–Kier alpha value is -3.02. The van der Waals surface area contributed by atoms with Gasteiger partial charge in [0.1, 0.15) is 19.0 Å². The van der Waals surface area contributed by atoms with E-state index in [-0.39, 0.29) is 11.9 Å². The number of hydrogen-bond acceptors (Lipinski definition) is 4. The van der Waals surface area contributed by atoms with Crippen LogP contribution in [0.4, 0.5) is 0 Å². The van der Waals surface area contributed by atoms with Gasteiger partial charge in [0.05, 0.1) is 17.1 Å². The molecule has 1 saturated heterocycles. The SMILES string of the molecule is O=C(c1ccc2c(c1)OCCO2)N1CCC[C@@H]1c1nc2ccccc2[nH]1. The van der Waals surface area contributed by atoms with Crippen LogP contribution in [0.5, 0.6) is 11.5 Å². The fourth-order valence-electron chi connectivity index (χ4n) is 3.77. The molecule has 2 aromatic carbocycles. The molecule has 6 nitrogen and oxygen atoms in total. The van der Waals surface area contributed by atoms with Crippen LogP contribution in [0.25, 0.3) is 11.0 Å². The molecule has 5 rings (SSSR count). The maximum Gasteiger partial charge on any atom is 0.254 e. The normalized spacial score (nSPS) is 19.1. The van der Waals surface area contributed by atoms with E-state index in [0.29, 0.717) is 30.3 Å². The summed E-state index contributed by atoms with van der Waals surface area (Å²) in [6, 6.07) is 13.3. The Labute approximate surface area is 150 Å². The molecule has 1 atom stereocenters. The number of amides is 1. The molecule has 1 N–H and O–H groups in total. The van der Waals surface area contributed by atoms with Crippen LogP contribution in [0.3, 0.4) is 0 Å². The van der Waals surface area contributed by atoms with Gasteiger partial charge in [0.2, 0.25) is 0 Å². The monoisotopic (exact) mass is 349 g/mol. The first-order valence-electron chi connectivity index (χ1n) is 8.95. The summed E-state index contributed by atoms with van der Waals surface area (Å²) >= 11 is 0. The largest absolute Gasteiger partial charge is 0.486 e. The van der Waals surface area contributed by atoms with E-state index in [1.807, 2.05) is 41.3 Å². The van der Waals surface area contributed by atoms with E-state index in [2.05, 4.69) is 4.98 Å². The highest BCUT2D eigenvalue weighted by Crippen LogP contribution is 2.35. The zero-order valence-corrected chi connectivity index (χ0v) is 14.3. The van der Waals surface area contributed by atoms with Crippen LogP contribution in [0, 0.1) is 0 Å². The number of nitrogens with zero attached hydrogens (tertiary/aromatic N) is 2. The highest BCUT2D eigenvalue weighted by atomic mass is 16.6. The molecule has 0 aliphatic carbocycles. The van der Waals surface area contributed by atoms with Gasteiger partial charge >= 0.3 is 0 Å². The number of likely N-dealkylation sites (tertiary alicyclic amines) is 1. The second-order valence-electron chi connectivity index (χ2n) is 6.65. The molecule has 3 heterocycles. The number of hydrogen-bond donors (Lipinski definition) is 1. The highest BCUT2D eigenvalue weighted by molar-refractivity contribution is 5.95. The van der Waals surface area contributed by atoms with Crippen molar-refractivity contribution in [1.82, 2.24) is 14.9 Å². The number of imidazole rings is 1. The lowest BCUT2D eigenvalue weighted by Crippen LogP contribution is -2.31. The maximum absolute atomic E-state index is 13.1. The fourth-order valence-corrected chi connectivity index (χ4v) is 3.77. The van der Waals surface area contributed by atoms with E-state index in [4.69, 9.17) is 14.5 Å². The van der Waals surface area contributed by atoms with Gasteiger partial charge in [-0.2, -0.15) is 0 Å². The number of nitrogens with one attached hydrogen (secondary N) is 1. The topological polar surface area (TPSA) is 67.5 Å². The number of para-hydroxylation sites is 2. The van der Waals surface area contributed by atoms with Crippen molar-refractivity contribution in [3.8, 4) is 11.5 Å². The minimum Gasteiger partial charge on any atom is -0.486 e. The third-order valence-corrected chi connectivity index (χ3v) is 5.03. The van der Waals surface area contributed by atoms with E-state index < -0.39 is 0 Å². The Morgan fingerprint density at radius 1 is 1.12 bits per heavy atom.